The smallest absolute Gasteiger partial charge is 0.0155 e. The molecule has 0 radical (unpaired) electrons. The van der Waals surface area contributed by atoms with E-state index in [9.17, 15) is 0 Å². The summed E-state index contributed by atoms with van der Waals surface area (Å²) < 4.78 is 0. The summed E-state index contributed by atoms with van der Waals surface area (Å²) in [4.78, 5) is 0. The van der Waals surface area contributed by atoms with Gasteiger partial charge in [-0.05, 0) is 214 Å². The quantitative estimate of drug-likeness (QED) is 0.156. The monoisotopic (exact) mass is 1410 g/mol. The van der Waals surface area contributed by atoms with Crippen molar-refractivity contribution < 1.29 is 0 Å². The van der Waals surface area contributed by atoms with Gasteiger partial charge in [0.15, 0.2) is 0 Å². The van der Waals surface area contributed by atoms with Crippen LogP contribution in [0.5, 0.6) is 0 Å². The second-order valence-electron chi connectivity index (χ2n) is 28.7. The third-order valence-electron chi connectivity index (χ3n) is 18.4. The van der Waals surface area contributed by atoms with Crippen molar-refractivity contribution in [2.45, 2.75) is 125 Å². The molecule has 15 rings (SSSR count). The minimum absolute atomic E-state index is 1.29. The normalized spacial score (nSPS) is 9.94. The lowest BCUT2D eigenvalue weighted by atomic mass is 9.99. The Labute approximate surface area is 651 Å². The van der Waals surface area contributed by atoms with Crippen molar-refractivity contribution in [2.24, 2.45) is 0 Å². The zero-order valence-electron chi connectivity index (χ0n) is 67.6. The lowest BCUT2D eigenvalue weighted by Gasteiger charge is -2.05. The van der Waals surface area contributed by atoms with Gasteiger partial charge in [0.2, 0.25) is 0 Å². The van der Waals surface area contributed by atoms with E-state index in [1.165, 1.54) is 167 Å². The van der Waals surface area contributed by atoms with Gasteiger partial charge in [0.25, 0.3) is 0 Å². The van der Waals surface area contributed by atoms with Gasteiger partial charge in [-0.15, -0.1) is 0 Å². The molecule has 0 saturated heterocycles. The van der Waals surface area contributed by atoms with Crippen LogP contribution in [-0.4, -0.2) is 0 Å². The Morgan fingerprint density at radius 2 is 0.278 bits per heavy atom. The van der Waals surface area contributed by atoms with Crippen LogP contribution in [0.25, 0.3) is 66.8 Å². The molecule has 546 valence electrons. The molecule has 0 fully saturated rings. The van der Waals surface area contributed by atoms with Crippen molar-refractivity contribution in [1.82, 2.24) is 0 Å². The van der Waals surface area contributed by atoms with E-state index in [4.69, 9.17) is 0 Å². The van der Waals surface area contributed by atoms with Gasteiger partial charge in [-0.1, -0.05) is 442 Å². The van der Waals surface area contributed by atoms with Crippen molar-refractivity contribution in [3.63, 3.8) is 0 Å². The fraction of sp³-hybridized carbons (Fsp3) is 0.167. The second kappa shape index (κ2) is 44.3. The van der Waals surface area contributed by atoms with Gasteiger partial charge in [0, 0.05) is 0 Å². The van der Waals surface area contributed by atoms with Crippen LogP contribution in [0.15, 0.2) is 364 Å². The highest BCUT2D eigenvalue weighted by atomic mass is 14.1. The van der Waals surface area contributed by atoms with E-state index in [0.717, 1.165) is 0 Å². The molecule has 0 spiro atoms. The van der Waals surface area contributed by atoms with E-state index < -0.39 is 0 Å². The van der Waals surface area contributed by atoms with Crippen LogP contribution >= 0.6 is 0 Å². The largest absolute Gasteiger partial charge is 0.0620 e. The average Bonchev–Trinajstić information content (AvgIpc) is 0.784. The van der Waals surface area contributed by atoms with Crippen LogP contribution in [0.1, 0.15) is 100 Å². The molecule has 0 nitrogen and oxygen atoms in total. The molecule has 0 saturated carbocycles. The van der Waals surface area contributed by atoms with E-state index in [0.29, 0.717) is 0 Å². The first-order valence-electron chi connectivity index (χ1n) is 37.8. The summed E-state index contributed by atoms with van der Waals surface area (Å²) in [6, 6.07) is 128. The van der Waals surface area contributed by atoms with E-state index in [-0.39, 0.29) is 0 Å². The Bertz CT molecular complexity index is 4870. The number of rotatable bonds is 6. The Kier molecular flexibility index (Phi) is 34.3. The molecule has 0 heterocycles. The Morgan fingerprint density at radius 3 is 0.509 bits per heavy atom. The first kappa shape index (κ1) is 83.6. The minimum Gasteiger partial charge on any atom is -0.0620 e. The summed E-state index contributed by atoms with van der Waals surface area (Å²) in [6.45, 7) is 38.1. The third-order valence-corrected chi connectivity index (χ3v) is 18.4. The summed E-state index contributed by atoms with van der Waals surface area (Å²) in [5.74, 6) is 0. The van der Waals surface area contributed by atoms with Gasteiger partial charge in [-0.2, -0.15) is 0 Å². The average molecular weight is 1410 g/mol. The van der Waals surface area contributed by atoms with Crippen molar-refractivity contribution in [3.8, 4) is 66.8 Å². The van der Waals surface area contributed by atoms with Crippen LogP contribution in [0.2, 0.25) is 0 Å². The summed E-state index contributed by atoms with van der Waals surface area (Å²) in [5, 5.41) is 0. The maximum Gasteiger partial charge on any atom is -0.0155 e. The number of hydrogen-bond acceptors (Lipinski definition) is 0. The fourth-order valence-electron chi connectivity index (χ4n) is 11.7. The van der Waals surface area contributed by atoms with E-state index in [2.05, 4.69) is 489 Å². The lowest BCUT2D eigenvalue weighted by molar-refractivity contribution is 1.34. The number of aryl methyl sites for hydroxylation is 18. The number of benzene rings is 15. The van der Waals surface area contributed by atoms with Crippen LogP contribution < -0.4 is 0 Å². The molecule has 0 aliphatic rings. The maximum atomic E-state index is 2.22. The Morgan fingerprint density at radius 1 is 0.102 bits per heavy atom. The standard InChI is InChI=1S/6C14H14.3C8H10/c1-11-3-7-13(8-4-11)14-9-5-12(2)6-10-14;1-11-5-3-7-13(9-11)14-8-4-6-12(2)10-14;1-11-6-5-8-13(10-11)14-9-4-3-7-12(14)2;2*1-11-6-8-13(9-7-11)14-5-3-4-12(2)10-14;1-11-7-9-13(10-8-11)14-6-4-3-5-12(14)2;1-7-3-5-8(2)6-4-7;1-7-4-3-5-8(2)6-7;1-7-5-3-4-6-8(7)2/h6*3-10H,1-2H3;3*3-6H,1-2H3. The fourth-order valence-corrected chi connectivity index (χ4v) is 11.7. The van der Waals surface area contributed by atoms with Gasteiger partial charge in [0.1, 0.15) is 0 Å². The Hall–Kier alpha value is -11.7. The molecular weight excluding hydrogens is 1300 g/mol. The van der Waals surface area contributed by atoms with E-state index in [1.54, 1.807) is 0 Å². The summed E-state index contributed by atoms with van der Waals surface area (Å²) in [7, 11) is 0. The highest BCUT2D eigenvalue weighted by Gasteiger charge is 2.04. The van der Waals surface area contributed by atoms with Gasteiger partial charge < -0.3 is 0 Å². The molecule has 0 aromatic heterocycles. The van der Waals surface area contributed by atoms with Crippen molar-refractivity contribution in [3.05, 3.63) is 464 Å². The van der Waals surface area contributed by atoms with Crippen molar-refractivity contribution in [2.75, 3.05) is 0 Å². The summed E-state index contributed by atoms with van der Waals surface area (Å²) in [6.07, 6.45) is 0. The topological polar surface area (TPSA) is 0 Å². The highest BCUT2D eigenvalue weighted by molar-refractivity contribution is 5.70. The second-order valence-corrected chi connectivity index (χ2v) is 28.7. The zero-order valence-corrected chi connectivity index (χ0v) is 67.6. The molecule has 0 aliphatic heterocycles. The first-order chi connectivity index (χ1) is 51.9. The predicted molar refractivity (Wildman–Crippen MR) is 476 cm³/mol. The molecule has 108 heavy (non-hydrogen) atoms. The van der Waals surface area contributed by atoms with Gasteiger partial charge in [-0.25, -0.2) is 0 Å². The summed E-state index contributed by atoms with van der Waals surface area (Å²) in [5.41, 5.74) is 39.4. The van der Waals surface area contributed by atoms with E-state index >= 15 is 0 Å². The predicted octanol–water partition coefficient (Wildman–Crippen LogP) is 30.7. The Balaban J connectivity index is 0.000000171. The number of hydrogen-bond donors (Lipinski definition) is 0. The molecule has 0 N–H and O–H groups in total. The molecule has 0 atom stereocenters. The van der Waals surface area contributed by atoms with Crippen LogP contribution in [-0.2, 0) is 0 Å². The molecule has 0 amide bonds. The van der Waals surface area contributed by atoms with Crippen molar-refractivity contribution >= 4 is 0 Å². The highest BCUT2D eigenvalue weighted by Crippen LogP contribution is 2.27. The molecule has 0 heteroatoms. The maximum absolute atomic E-state index is 2.22. The third kappa shape index (κ3) is 30.0. The van der Waals surface area contributed by atoms with Gasteiger partial charge in [0.05, 0.1) is 0 Å². The van der Waals surface area contributed by atoms with Gasteiger partial charge in [-0.3, -0.25) is 0 Å². The molecule has 0 bridgehead atoms. The molecular formula is C108H114. The molecule has 15 aromatic carbocycles. The summed E-state index contributed by atoms with van der Waals surface area (Å²) >= 11 is 0. The molecule has 0 aliphatic carbocycles. The zero-order chi connectivity index (χ0) is 77.7. The van der Waals surface area contributed by atoms with Gasteiger partial charge >= 0.3 is 0 Å². The van der Waals surface area contributed by atoms with E-state index in [1.807, 2.05) is 0 Å². The molecule has 0 unspecified atom stereocenters. The lowest BCUT2D eigenvalue weighted by Crippen LogP contribution is -1.82. The SMILES string of the molecule is Cc1ccc(-c2ccc(C)cc2)cc1.Cc1ccc(-c2cccc(C)c2)cc1.Cc1ccc(-c2cccc(C)c2)cc1.Cc1ccc(-c2ccccc2C)cc1.Cc1ccc(C)cc1.Cc1cccc(-c2cccc(C)c2)c1.Cc1cccc(-c2ccccc2C)c1.Cc1cccc(C)c1.Cc1ccccc1C. The van der Waals surface area contributed by atoms with Crippen LogP contribution in [0.4, 0.5) is 0 Å². The first-order valence-corrected chi connectivity index (χ1v) is 37.8. The minimum atomic E-state index is 1.29. The van der Waals surface area contributed by atoms with Crippen LogP contribution in [0.3, 0.4) is 0 Å². The van der Waals surface area contributed by atoms with Crippen LogP contribution in [0, 0.1) is 125 Å². The molecule has 15 aromatic rings. The van der Waals surface area contributed by atoms with Crippen molar-refractivity contribution in [1.29, 1.82) is 0 Å².